The topological polar surface area (TPSA) is 111 Å². The van der Waals surface area contributed by atoms with E-state index in [4.69, 9.17) is 33.7 Å². The number of sulfonamides is 1. The van der Waals surface area contributed by atoms with Crippen molar-refractivity contribution >= 4 is 39.1 Å². The first-order valence-corrected chi connectivity index (χ1v) is 14.6. The van der Waals surface area contributed by atoms with Gasteiger partial charge in [0, 0.05) is 40.0 Å². The van der Waals surface area contributed by atoms with E-state index in [0.717, 1.165) is 11.1 Å². The predicted molar refractivity (Wildman–Crippen MR) is 143 cm³/mol. The van der Waals surface area contributed by atoms with Crippen molar-refractivity contribution in [2.24, 2.45) is 17.1 Å². The molecule has 1 aliphatic heterocycles. The smallest absolute Gasteiger partial charge is 0.226 e. The number of rotatable bonds is 8. The molecule has 2 fully saturated rings. The Morgan fingerprint density at radius 2 is 1.86 bits per heavy atom. The Kier molecular flexibility index (Phi) is 7.66. The van der Waals surface area contributed by atoms with Crippen LogP contribution in [0.3, 0.4) is 0 Å². The lowest BCUT2D eigenvalue weighted by atomic mass is 9.53. The summed E-state index contributed by atoms with van der Waals surface area (Å²) in [5, 5.41) is 4.25. The zero-order chi connectivity index (χ0) is 26.3. The Labute approximate surface area is 223 Å². The number of carbonyl (C=O) groups is 1. The third-order valence-electron chi connectivity index (χ3n) is 7.87. The van der Waals surface area contributed by atoms with Gasteiger partial charge in [-0.05, 0) is 62.1 Å². The van der Waals surface area contributed by atoms with E-state index in [1.807, 2.05) is 44.2 Å². The van der Waals surface area contributed by atoms with Crippen LogP contribution < -0.4 is 20.5 Å². The Morgan fingerprint density at radius 3 is 2.50 bits per heavy atom. The molecule has 10 heteroatoms. The highest BCUT2D eigenvalue weighted by molar-refractivity contribution is 7.89. The van der Waals surface area contributed by atoms with Crippen LogP contribution in [0, 0.1) is 11.3 Å². The van der Waals surface area contributed by atoms with E-state index in [1.54, 1.807) is 19.1 Å². The molecule has 0 aromatic heterocycles. The highest BCUT2D eigenvalue weighted by Crippen LogP contribution is 2.60. The second-order valence-corrected chi connectivity index (χ2v) is 13.0. The van der Waals surface area contributed by atoms with Crippen molar-refractivity contribution in [3.05, 3.63) is 63.6 Å². The molecule has 0 radical (unpaired) electrons. The van der Waals surface area contributed by atoms with E-state index in [-0.39, 0.29) is 42.7 Å². The molecule has 196 valence electrons. The van der Waals surface area contributed by atoms with Gasteiger partial charge in [-0.3, -0.25) is 4.79 Å². The second kappa shape index (κ2) is 10.1. The van der Waals surface area contributed by atoms with Crippen molar-refractivity contribution in [2.75, 3.05) is 18.9 Å². The first-order valence-electron chi connectivity index (χ1n) is 12.2. The van der Waals surface area contributed by atoms with Crippen LogP contribution in [0.5, 0.6) is 5.75 Å². The molecule has 2 aromatic carbocycles. The van der Waals surface area contributed by atoms with Crippen molar-refractivity contribution in [1.29, 1.82) is 0 Å². The average molecular weight is 555 g/mol. The van der Waals surface area contributed by atoms with Crippen LogP contribution in [0.4, 0.5) is 0 Å². The minimum atomic E-state index is -3.28. The summed E-state index contributed by atoms with van der Waals surface area (Å²) in [6.07, 6.45) is 1.22. The fraction of sp³-hybridized carbons (Fsp3) is 0.500. The Morgan fingerprint density at radius 1 is 1.17 bits per heavy atom. The number of halogens is 2. The molecule has 1 amide bonds. The van der Waals surface area contributed by atoms with Gasteiger partial charge in [-0.1, -0.05) is 48.3 Å². The molecule has 0 bridgehead atoms. The van der Waals surface area contributed by atoms with Gasteiger partial charge in [0.25, 0.3) is 0 Å². The number of hydrogen-bond acceptors (Lipinski definition) is 5. The largest absolute Gasteiger partial charge is 0.492 e. The minimum Gasteiger partial charge on any atom is -0.492 e. The van der Waals surface area contributed by atoms with Crippen LogP contribution >= 0.6 is 23.2 Å². The van der Waals surface area contributed by atoms with Crippen LogP contribution in [0.1, 0.15) is 50.7 Å². The van der Waals surface area contributed by atoms with Crippen LogP contribution in [0.25, 0.3) is 0 Å². The van der Waals surface area contributed by atoms with Crippen molar-refractivity contribution in [3.63, 3.8) is 0 Å². The zero-order valence-electron chi connectivity index (χ0n) is 20.7. The van der Waals surface area contributed by atoms with E-state index >= 15 is 0 Å². The quantitative estimate of drug-likeness (QED) is 0.424. The van der Waals surface area contributed by atoms with Crippen molar-refractivity contribution < 1.29 is 17.9 Å². The van der Waals surface area contributed by atoms with Gasteiger partial charge in [0.2, 0.25) is 15.9 Å². The summed E-state index contributed by atoms with van der Waals surface area (Å²) in [6, 6.07) is 13.0. The molecular weight excluding hydrogens is 521 g/mol. The van der Waals surface area contributed by atoms with Crippen LogP contribution in [0.15, 0.2) is 42.5 Å². The molecule has 7 nitrogen and oxygen atoms in total. The number of ether oxygens (including phenoxy) is 1. The maximum Gasteiger partial charge on any atom is 0.226 e. The zero-order valence-corrected chi connectivity index (χ0v) is 23.0. The van der Waals surface area contributed by atoms with Gasteiger partial charge in [0.15, 0.2) is 0 Å². The second-order valence-electron chi connectivity index (χ2n) is 10.1. The highest BCUT2D eigenvalue weighted by atomic mass is 35.5. The number of nitrogens with one attached hydrogen (secondary N) is 2. The third-order valence-corrected chi connectivity index (χ3v) is 9.84. The highest BCUT2D eigenvalue weighted by Gasteiger charge is 2.61. The van der Waals surface area contributed by atoms with Crippen LogP contribution in [-0.4, -0.2) is 39.3 Å². The van der Waals surface area contributed by atoms with E-state index in [0.29, 0.717) is 28.6 Å². The lowest BCUT2D eigenvalue weighted by Gasteiger charge is -2.52. The summed E-state index contributed by atoms with van der Waals surface area (Å²) in [4.78, 5) is 13.0. The molecule has 2 aliphatic rings. The fourth-order valence-electron chi connectivity index (χ4n) is 5.95. The van der Waals surface area contributed by atoms with Gasteiger partial charge < -0.3 is 15.8 Å². The van der Waals surface area contributed by atoms with Crippen molar-refractivity contribution in [2.45, 2.75) is 51.1 Å². The van der Waals surface area contributed by atoms with Gasteiger partial charge in [0.05, 0.1) is 11.2 Å². The van der Waals surface area contributed by atoms with Gasteiger partial charge in [-0.15, -0.1) is 0 Å². The number of hydrogen-bond donors (Lipinski definition) is 3. The fourth-order valence-corrected chi connectivity index (χ4v) is 7.02. The van der Waals surface area contributed by atoms with Gasteiger partial charge >= 0.3 is 0 Å². The molecule has 1 aliphatic carbocycles. The summed E-state index contributed by atoms with van der Waals surface area (Å²) < 4.78 is 31.4. The summed E-state index contributed by atoms with van der Waals surface area (Å²) in [5.74, 6) is 0.381. The number of benzene rings is 2. The number of carbonyl (C=O) groups excluding carboxylic acids is 1. The molecule has 1 saturated carbocycles. The predicted octanol–water partition coefficient (Wildman–Crippen LogP) is 4.18. The molecule has 5 atom stereocenters. The van der Waals surface area contributed by atoms with E-state index in [2.05, 4.69) is 10.0 Å². The monoisotopic (exact) mass is 553 g/mol. The molecule has 0 spiro atoms. The normalized spacial score (nSPS) is 30.1. The maximum absolute atomic E-state index is 13.0. The van der Waals surface area contributed by atoms with Crippen molar-refractivity contribution in [1.82, 2.24) is 10.0 Å². The third kappa shape index (κ3) is 4.98. The molecular formula is C26H33Cl2N3O4S. The summed E-state index contributed by atoms with van der Waals surface area (Å²) in [6.45, 7) is 5.97. The molecule has 1 saturated heterocycles. The lowest BCUT2D eigenvalue weighted by molar-refractivity contribution is -0.130. The van der Waals surface area contributed by atoms with Gasteiger partial charge in [-0.2, -0.15) is 0 Å². The van der Waals surface area contributed by atoms with Crippen LogP contribution in [-0.2, 0) is 20.4 Å². The first kappa shape index (κ1) is 27.2. The Bertz CT molecular complexity index is 1240. The van der Waals surface area contributed by atoms with E-state index < -0.39 is 21.0 Å². The van der Waals surface area contributed by atoms with E-state index in [1.165, 1.54) is 0 Å². The first-order chi connectivity index (χ1) is 16.9. The molecule has 0 unspecified atom stereocenters. The van der Waals surface area contributed by atoms with Gasteiger partial charge in [-0.25, -0.2) is 13.1 Å². The summed E-state index contributed by atoms with van der Waals surface area (Å²) in [7, 11) is -3.28. The lowest BCUT2D eigenvalue weighted by Crippen LogP contribution is -2.55. The van der Waals surface area contributed by atoms with Crippen LogP contribution in [0.2, 0.25) is 10.0 Å². The Balaban J connectivity index is 1.66. The SMILES string of the molecule is CCS(=O)(=O)NCCOc1ccc([C@]2(N)CC[C@@]3(C)C(=O)N[C@H](C)[C@H]3[C@H]2c2ccc(Cl)cc2)c(Cl)c1. The minimum absolute atomic E-state index is 0.0146. The van der Waals surface area contributed by atoms with E-state index in [9.17, 15) is 13.2 Å². The molecule has 4 N–H and O–H groups in total. The molecule has 36 heavy (non-hydrogen) atoms. The van der Waals surface area contributed by atoms with Crippen molar-refractivity contribution in [3.8, 4) is 5.75 Å². The Hall–Kier alpha value is -1.84. The standard InChI is InChI=1S/C26H33Cl2N3O4S/c1-4-36(33,34)30-13-14-35-19-9-10-20(21(28)15-19)26(29)12-11-25(3)22(16(2)31-24(25)32)23(26)17-5-7-18(27)8-6-17/h5-10,15-16,22-23,30H,4,11-14,29H2,1-3H3,(H,31,32)/t16-,22+,23-,25-,26-/m1/s1. The number of fused-ring (bicyclic) bond motifs is 1. The summed E-state index contributed by atoms with van der Waals surface area (Å²) >= 11 is 13.0. The van der Waals surface area contributed by atoms with Gasteiger partial charge in [0.1, 0.15) is 12.4 Å². The number of nitrogens with two attached hydrogens (primary N) is 1. The number of amides is 1. The summed E-state index contributed by atoms with van der Waals surface area (Å²) in [5.41, 5.74) is 7.72. The molecule has 1 heterocycles. The molecule has 4 rings (SSSR count). The molecule has 2 aromatic rings. The maximum atomic E-state index is 13.0. The average Bonchev–Trinajstić information content (AvgIpc) is 3.06.